The molecule has 0 saturated carbocycles. The SMILES string of the molecule is COc1cccc(C(N)=S)c1NC(=O)Oc1ccccc1. The molecule has 0 aliphatic rings. The summed E-state index contributed by atoms with van der Waals surface area (Å²) >= 11 is 4.97. The third kappa shape index (κ3) is 3.70. The summed E-state index contributed by atoms with van der Waals surface area (Å²) in [6, 6.07) is 13.9. The van der Waals surface area contributed by atoms with E-state index in [4.69, 9.17) is 27.4 Å². The number of anilines is 1. The fraction of sp³-hybridized carbons (Fsp3) is 0.0667. The Bertz CT molecular complexity index is 659. The van der Waals surface area contributed by atoms with E-state index in [1.807, 2.05) is 6.07 Å². The van der Waals surface area contributed by atoms with Gasteiger partial charge in [-0.25, -0.2) is 4.79 Å². The third-order valence-corrected chi connectivity index (χ3v) is 2.91. The summed E-state index contributed by atoms with van der Waals surface area (Å²) in [4.78, 5) is 12.1. The lowest BCUT2D eigenvalue weighted by molar-refractivity contribution is 0.215. The van der Waals surface area contributed by atoms with Crippen LogP contribution < -0.4 is 20.5 Å². The second-order valence-corrected chi connectivity index (χ2v) is 4.51. The van der Waals surface area contributed by atoms with Gasteiger partial charge in [-0.05, 0) is 24.3 Å². The molecular weight excluding hydrogens is 288 g/mol. The van der Waals surface area contributed by atoms with Crippen molar-refractivity contribution in [2.45, 2.75) is 0 Å². The number of hydrogen-bond donors (Lipinski definition) is 2. The van der Waals surface area contributed by atoms with Gasteiger partial charge in [0.05, 0.1) is 12.8 Å². The van der Waals surface area contributed by atoms with Gasteiger partial charge in [0.25, 0.3) is 0 Å². The smallest absolute Gasteiger partial charge is 0.417 e. The van der Waals surface area contributed by atoms with Gasteiger partial charge in [0.2, 0.25) is 0 Å². The van der Waals surface area contributed by atoms with Crippen LogP contribution in [0.5, 0.6) is 11.5 Å². The number of amides is 1. The van der Waals surface area contributed by atoms with Crippen LogP contribution in [0.25, 0.3) is 0 Å². The van der Waals surface area contributed by atoms with Gasteiger partial charge in [-0.1, -0.05) is 36.5 Å². The third-order valence-electron chi connectivity index (χ3n) is 2.69. The highest BCUT2D eigenvalue weighted by Crippen LogP contribution is 2.28. The molecule has 0 saturated heterocycles. The van der Waals surface area contributed by atoms with Crippen LogP contribution in [-0.2, 0) is 0 Å². The van der Waals surface area contributed by atoms with Crippen LogP contribution in [0.3, 0.4) is 0 Å². The van der Waals surface area contributed by atoms with Gasteiger partial charge < -0.3 is 15.2 Å². The van der Waals surface area contributed by atoms with Gasteiger partial charge in [0, 0.05) is 5.56 Å². The molecule has 108 valence electrons. The van der Waals surface area contributed by atoms with E-state index in [2.05, 4.69) is 5.32 Å². The molecule has 6 heteroatoms. The van der Waals surface area contributed by atoms with Crippen LogP contribution >= 0.6 is 12.2 Å². The van der Waals surface area contributed by atoms with Gasteiger partial charge in [-0.3, -0.25) is 5.32 Å². The van der Waals surface area contributed by atoms with Gasteiger partial charge >= 0.3 is 6.09 Å². The molecule has 2 aromatic rings. The minimum absolute atomic E-state index is 0.156. The van der Waals surface area contributed by atoms with Crippen LogP contribution in [0.15, 0.2) is 48.5 Å². The highest BCUT2D eigenvalue weighted by molar-refractivity contribution is 7.80. The fourth-order valence-electron chi connectivity index (χ4n) is 1.76. The number of nitrogens with one attached hydrogen (secondary N) is 1. The number of ether oxygens (including phenoxy) is 2. The lowest BCUT2D eigenvalue weighted by atomic mass is 10.1. The topological polar surface area (TPSA) is 73.6 Å². The number of nitrogens with two attached hydrogens (primary N) is 1. The normalized spacial score (nSPS) is 9.76. The van der Waals surface area contributed by atoms with Gasteiger partial charge in [0.15, 0.2) is 0 Å². The molecule has 0 aliphatic heterocycles. The zero-order valence-electron chi connectivity index (χ0n) is 11.3. The first-order valence-electron chi connectivity index (χ1n) is 6.12. The van der Waals surface area contributed by atoms with Crippen molar-refractivity contribution < 1.29 is 14.3 Å². The van der Waals surface area contributed by atoms with E-state index in [1.165, 1.54) is 7.11 Å². The summed E-state index contributed by atoms with van der Waals surface area (Å²) in [6.45, 7) is 0. The van der Waals surface area contributed by atoms with Crippen LogP contribution in [0.4, 0.5) is 10.5 Å². The van der Waals surface area contributed by atoms with Gasteiger partial charge in [0.1, 0.15) is 16.5 Å². The lowest BCUT2D eigenvalue weighted by Gasteiger charge is -2.14. The van der Waals surface area contributed by atoms with Crippen LogP contribution in [0.2, 0.25) is 0 Å². The number of para-hydroxylation sites is 2. The van der Waals surface area contributed by atoms with Crippen molar-refractivity contribution in [2.24, 2.45) is 5.73 Å². The van der Waals surface area contributed by atoms with Crippen LogP contribution in [0, 0.1) is 0 Å². The molecule has 5 nitrogen and oxygen atoms in total. The summed E-state index contributed by atoms with van der Waals surface area (Å²) in [5.74, 6) is 0.882. The number of methoxy groups -OCH3 is 1. The molecule has 0 aliphatic carbocycles. The second-order valence-electron chi connectivity index (χ2n) is 4.07. The summed E-state index contributed by atoms with van der Waals surface area (Å²) in [5, 5.41) is 2.61. The number of hydrogen-bond acceptors (Lipinski definition) is 4. The molecular formula is C15H14N2O3S. The van der Waals surface area contributed by atoms with E-state index in [0.717, 1.165) is 0 Å². The van der Waals surface area contributed by atoms with Crippen LogP contribution in [0.1, 0.15) is 5.56 Å². The molecule has 21 heavy (non-hydrogen) atoms. The maximum Gasteiger partial charge on any atom is 0.417 e. The maximum absolute atomic E-state index is 12.0. The van der Waals surface area contributed by atoms with Crippen molar-refractivity contribution in [3.05, 3.63) is 54.1 Å². The molecule has 0 radical (unpaired) electrons. The Kier molecular flexibility index (Phi) is 4.73. The van der Waals surface area contributed by atoms with E-state index in [9.17, 15) is 4.79 Å². The predicted molar refractivity (Wildman–Crippen MR) is 85.0 cm³/mol. The van der Waals surface area contributed by atoms with E-state index in [-0.39, 0.29) is 4.99 Å². The first kappa shape index (κ1) is 14.8. The number of carbonyl (C=O) groups is 1. The van der Waals surface area contributed by atoms with Crippen molar-refractivity contribution in [3.8, 4) is 11.5 Å². The second kappa shape index (κ2) is 6.71. The van der Waals surface area contributed by atoms with E-state index >= 15 is 0 Å². The summed E-state index contributed by atoms with van der Waals surface area (Å²) < 4.78 is 10.4. The predicted octanol–water partition coefficient (Wildman–Crippen LogP) is 2.94. The van der Waals surface area contributed by atoms with E-state index in [0.29, 0.717) is 22.7 Å². The van der Waals surface area contributed by atoms with Crippen molar-refractivity contribution in [2.75, 3.05) is 12.4 Å². The maximum atomic E-state index is 12.0. The van der Waals surface area contributed by atoms with E-state index in [1.54, 1.807) is 42.5 Å². The molecule has 0 bridgehead atoms. The summed E-state index contributed by atoms with van der Waals surface area (Å²) in [5.41, 5.74) is 6.54. The highest BCUT2D eigenvalue weighted by Gasteiger charge is 2.15. The van der Waals surface area contributed by atoms with Crippen LogP contribution in [-0.4, -0.2) is 18.2 Å². The molecule has 1 amide bonds. The number of carbonyl (C=O) groups excluding carboxylic acids is 1. The summed E-state index contributed by atoms with van der Waals surface area (Å²) in [6.07, 6.45) is -0.650. The highest BCUT2D eigenvalue weighted by atomic mass is 32.1. The molecule has 2 aromatic carbocycles. The Morgan fingerprint density at radius 2 is 1.86 bits per heavy atom. The molecule has 0 heterocycles. The largest absolute Gasteiger partial charge is 0.495 e. The van der Waals surface area contributed by atoms with Crippen molar-refractivity contribution >= 4 is 29.0 Å². The average Bonchev–Trinajstić information content (AvgIpc) is 2.48. The minimum Gasteiger partial charge on any atom is -0.495 e. The van der Waals surface area contributed by atoms with Gasteiger partial charge in [-0.15, -0.1) is 0 Å². The molecule has 0 fully saturated rings. The molecule has 0 aromatic heterocycles. The Balaban J connectivity index is 2.22. The van der Waals surface area contributed by atoms with E-state index < -0.39 is 6.09 Å². The fourth-order valence-corrected chi connectivity index (χ4v) is 1.93. The first-order valence-corrected chi connectivity index (χ1v) is 6.53. The molecule has 0 spiro atoms. The van der Waals surface area contributed by atoms with Crippen molar-refractivity contribution in [1.82, 2.24) is 0 Å². The Labute approximate surface area is 127 Å². The number of thiocarbonyl (C=S) groups is 1. The Hall–Kier alpha value is -2.60. The molecule has 0 atom stereocenters. The first-order chi connectivity index (χ1) is 10.1. The Morgan fingerprint density at radius 3 is 2.48 bits per heavy atom. The molecule has 2 rings (SSSR count). The quantitative estimate of drug-likeness (QED) is 0.849. The zero-order valence-corrected chi connectivity index (χ0v) is 12.1. The zero-order chi connectivity index (χ0) is 15.2. The number of rotatable bonds is 4. The van der Waals surface area contributed by atoms with Crippen molar-refractivity contribution in [1.29, 1.82) is 0 Å². The minimum atomic E-state index is -0.650. The summed E-state index contributed by atoms with van der Waals surface area (Å²) in [7, 11) is 1.49. The lowest BCUT2D eigenvalue weighted by Crippen LogP contribution is -2.21. The molecule has 0 unspecified atom stereocenters. The molecule has 3 N–H and O–H groups in total. The van der Waals surface area contributed by atoms with Gasteiger partial charge in [-0.2, -0.15) is 0 Å². The monoisotopic (exact) mass is 302 g/mol. The van der Waals surface area contributed by atoms with Crippen molar-refractivity contribution in [3.63, 3.8) is 0 Å². The Morgan fingerprint density at radius 1 is 1.14 bits per heavy atom. The standard InChI is InChI=1S/C15H14N2O3S/c1-19-12-9-5-8-11(14(16)21)13(12)17-15(18)20-10-6-3-2-4-7-10/h2-9H,1H3,(H2,16,21)(H,17,18). The number of benzene rings is 2. The average molecular weight is 302 g/mol.